The highest BCUT2D eigenvalue weighted by Crippen LogP contribution is 2.08. The van der Waals surface area contributed by atoms with Gasteiger partial charge in [0.2, 0.25) is 0 Å². The Balaban J connectivity index is 0.00000144. The van der Waals surface area contributed by atoms with E-state index in [2.05, 4.69) is 26.2 Å². The van der Waals surface area contributed by atoms with Crippen LogP contribution >= 0.6 is 24.8 Å². The number of benzene rings is 1. The van der Waals surface area contributed by atoms with Crippen molar-refractivity contribution in [3.8, 4) is 5.69 Å². The van der Waals surface area contributed by atoms with E-state index < -0.39 is 5.60 Å². The highest BCUT2D eigenvalue weighted by atomic mass is 35.5. The number of nitrogens with one attached hydrogen (secondary N) is 2. The molecular weight excluding hydrogens is 355 g/mol. The molecule has 1 saturated heterocycles. The molecule has 134 valence electrons. The molecule has 0 aliphatic carbocycles. The van der Waals surface area contributed by atoms with E-state index in [1.54, 1.807) is 4.68 Å². The van der Waals surface area contributed by atoms with E-state index in [1.807, 2.05) is 30.3 Å². The second-order valence-corrected chi connectivity index (χ2v) is 5.40. The van der Waals surface area contributed by atoms with Gasteiger partial charge in [-0.3, -0.25) is 0 Å². The van der Waals surface area contributed by atoms with Crippen LogP contribution < -0.4 is 10.6 Å². The number of tetrazole rings is 1. The van der Waals surface area contributed by atoms with Gasteiger partial charge in [0.25, 0.3) is 0 Å². The third kappa shape index (κ3) is 5.37. The van der Waals surface area contributed by atoms with Crippen LogP contribution in [0.1, 0.15) is 5.82 Å². The Morgan fingerprint density at radius 1 is 1.29 bits per heavy atom. The molecule has 1 aliphatic rings. The Kier molecular flexibility index (Phi) is 8.54. The number of ether oxygens (including phenoxy) is 1. The van der Waals surface area contributed by atoms with Crippen LogP contribution in [0.15, 0.2) is 30.3 Å². The summed E-state index contributed by atoms with van der Waals surface area (Å²) in [5.41, 5.74) is -0.0101. The number of aromatic nitrogens is 4. The lowest BCUT2D eigenvalue weighted by molar-refractivity contribution is -0.0265. The van der Waals surface area contributed by atoms with E-state index >= 15 is 0 Å². The molecule has 1 aromatic heterocycles. The van der Waals surface area contributed by atoms with E-state index in [0.717, 1.165) is 12.2 Å². The van der Waals surface area contributed by atoms with E-state index in [0.29, 0.717) is 38.7 Å². The first-order chi connectivity index (χ1) is 10.8. The fraction of sp³-hybridized carbons (Fsp3) is 0.500. The van der Waals surface area contributed by atoms with Gasteiger partial charge >= 0.3 is 0 Å². The van der Waals surface area contributed by atoms with Crippen LogP contribution in [0.3, 0.4) is 0 Å². The Morgan fingerprint density at radius 3 is 2.88 bits per heavy atom. The quantitative estimate of drug-likeness (QED) is 0.672. The van der Waals surface area contributed by atoms with Crippen molar-refractivity contribution in [2.75, 3.05) is 32.8 Å². The molecule has 0 bridgehead atoms. The van der Waals surface area contributed by atoms with Crippen LogP contribution in [0, 0.1) is 0 Å². The van der Waals surface area contributed by atoms with Gasteiger partial charge in [0.15, 0.2) is 5.82 Å². The summed E-state index contributed by atoms with van der Waals surface area (Å²) in [5, 5.41) is 28.6. The molecule has 1 atom stereocenters. The topological polar surface area (TPSA) is 97.1 Å². The van der Waals surface area contributed by atoms with Crippen molar-refractivity contribution in [3.05, 3.63) is 36.2 Å². The molecule has 0 radical (unpaired) electrons. The van der Waals surface area contributed by atoms with Gasteiger partial charge < -0.3 is 20.5 Å². The number of hydrogen-bond acceptors (Lipinski definition) is 7. The molecule has 3 N–H and O–H groups in total. The van der Waals surface area contributed by atoms with Crippen molar-refractivity contribution in [1.82, 2.24) is 30.8 Å². The summed E-state index contributed by atoms with van der Waals surface area (Å²) in [6, 6.07) is 9.70. The fourth-order valence-corrected chi connectivity index (χ4v) is 2.38. The van der Waals surface area contributed by atoms with Gasteiger partial charge in [-0.2, -0.15) is 4.68 Å². The number of hydrogen-bond donors (Lipinski definition) is 3. The molecule has 3 rings (SSSR count). The molecule has 1 aromatic carbocycles. The third-order valence-corrected chi connectivity index (χ3v) is 3.52. The normalized spacial score (nSPS) is 20.5. The highest BCUT2D eigenvalue weighted by Gasteiger charge is 2.28. The molecule has 10 heteroatoms. The molecule has 1 aliphatic heterocycles. The van der Waals surface area contributed by atoms with Crippen LogP contribution in [0.2, 0.25) is 0 Å². The summed E-state index contributed by atoms with van der Waals surface area (Å²) in [7, 11) is 0. The van der Waals surface area contributed by atoms with Gasteiger partial charge in [-0.05, 0) is 22.6 Å². The average Bonchev–Trinajstić information content (AvgIpc) is 2.90. The maximum atomic E-state index is 10.5. The summed E-state index contributed by atoms with van der Waals surface area (Å²) in [4.78, 5) is 0. The molecule has 2 heterocycles. The minimum absolute atomic E-state index is 0. The maximum absolute atomic E-state index is 10.5. The van der Waals surface area contributed by atoms with E-state index in [1.165, 1.54) is 0 Å². The Labute approximate surface area is 152 Å². The lowest BCUT2D eigenvalue weighted by Gasteiger charge is -2.25. The van der Waals surface area contributed by atoms with E-state index in [-0.39, 0.29) is 24.8 Å². The minimum Gasteiger partial charge on any atom is -0.385 e. The van der Waals surface area contributed by atoms with Crippen LogP contribution in [0.5, 0.6) is 0 Å². The second-order valence-electron chi connectivity index (χ2n) is 5.40. The monoisotopic (exact) mass is 376 g/mol. The third-order valence-electron chi connectivity index (χ3n) is 3.52. The van der Waals surface area contributed by atoms with Gasteiger partial charge in [-0.1, -0.05) is 18.2 Å². The Morgan fingerprint density at radius 2 is 2.08 bits per heavy atom. The summed E-state index contributed by atoms with van der Waals surface area (Å²) in [6.45, 7) is 3.06. The number of β-amino-alcohol motifs (C(OH)–C–C–N with tert-alkyl or cyclic N) is 1. The predicted octanol–water partition coefficient (Wildman–Crippen LogP) is -0.0536. The van der Waals surface area contributed by atoms with Crippen molar-refractivity contribution in [1.29, 1.82) is 0 Å². The van der Waals surface area contributed by atoms with Crippen molar-refractivity contribution < 1.29 is 9.84 Å². The molecule has 8 nitrogen and oxygen atoms in total. The van der Waals surface area contributed by atoms with Crippen molar-refractivity contribution in [3.63, 3.8) is 0 Å². The summed E-state index contributed by atoms with van der Waals surface area (Å²) >= 11 is 0. The van der Waals surface area contributed by atoms with Crippen molar-refractivity contribution >= 4 is 24.8 Å². The first-order valence-corrected chi connectivity index (χ1v) is 7.31. The zero-order valence-electron chi connectivity index (χ0n) is 13.1. The Hall–Kier alpha value is -1.29. The SMILES string of the molecule is Cl.Cl.OC1(CNCc2nnnn2-c2ccccc2)CNCCOC1. The summed E-state index contributed by atoms with van der Waals surface area (Å²) in [6.07, 6.45) is 0. The van der Waals surface area contributed by atoms with Crippen LogP contribution in [0.4, 0.5) is 0 Å². The molecule has 0 saturated carbocycles. The fourth-order valence-electron chi connectivity index (χ4n) is 2.38. The molecule has 2 aromatic rings. The summed E-state index contributed by atoms with van der Waals surface area (Å²) < 4.78 is 7.07. The van der Waals surface area contributed by atoms with Crippen molar-refractivity contribution in [2.45, 2.75) is 12.1 Å². The second kappa shape index (κ2) is 9.87. The van der Waals surface area contributed by atoms with Gasteiger partial charge in [0.05, 0.1) is 25.4 Å². The first-order valence-electron chi connectivity index (χ1n) is 7.31. The number of halogens is 2. The lowest BCUT2D eigenvalue weighted by atomic mass is 10.1. The van der Waals surface area contributed by atoms with Crippen LogP contribution in [-0.2, 0) is 11.3 Å². The van der Waals surface area contributed by atoms with Gasteiger partial charge in [-0.15, -0.1) is 29.9 Å². The Bertz CT molecular complexity index is 590. The molecule has 24 heavy (non-hydrogen) atoms. The number of nitrogens with zero attached hydrogens (tertiary/aromatic N) is 4. The standard InChI is InChI=1S/C14H20N6O2.2ClH/c21-14(9-15-6-7-22-11-14)10-16-8-13-17-18-19-20(13)12-4-2-1-3-5-12;;/h1-5,15-16,21H,6-11H2;2*1H. The zero-order valence-corrected chi connectivity index (χ0v) is 14.7. The van der Waals surface area contributed by atoms with Crippen LogP contribution in [0.25, 0.3) is 5.69 Å². The van der Waals surface area contributed by atoms with Gasteiger partial charge in [0.1, 0.15) is 5.60 Å². The van der Waals surface area contributed by atoms with E-state index in [4.69, 9.17) is 4.74 Å². The smallest absolute Gasteiger partial charge is 0.170 e. The largest absolute Gasteiger partial charge is 0.385 e. The summed E-state index contributed by atoms with van der Waals surface area (Å²) in [5.74, 6) is 0.692. The lowest BCUT2D eigenvalue weighted by Crippen LogP contribution is -2.50. The molecule has 0 amide bonds. The number of rotatable bonds is 5. The van der Waals surface area contributed by atoms with Gasteiger partial charge in [-0.25, -0.2) is 0 Å². The van der Waals surface area contributed by atoms with Gasteiger partial charge in [0, 0.05) is 19.6 Å². The molecule has 0 spiro atoms. The zero-order chi connectivity index (χ0) is 15.3. The highest BCUT2D eigenvalue weighted by molar-refractivity contribution is 5.85. The first kappa shape index (κ1) is 20.8. The molecule has 1 unspecified atom stereocenters. The average molecular weight is 377 g/mol. The minimum atomic E-state index is -0.915. The van der Waals surface area contributed by atoms with Crippen LogP contribution in [-0.4, -0.2) is 63.8 Å². The predicted molar refractivity (Wildman–Crippen MR) is 94.0 cm³/mol. The van der Waals surface area contributed by atoms with E-state index in [9.17, 15) is 5.11 Å². The maximum Gasteiger partial charge on any atom is 0.170 e. The number of para-hydroxylation sites is 1. The molecular formula is C14H22Cl2N6O2. The van der Waals surface area contributed by atoms with Crippen molar-refractivity contribution in [2.24, 2.45) is 0 Å². The number of aliphatic hydroxyl groups is 1. The molecule has 1 fully saturated rings.